The van der Waals surface area contributed by atoms with Crippen LogP contribution in [-0.4, -0.2) is 50.0 Å². The lowest BCUT2D eigenvalue weighted by Gasteiger charge is -2.30. The van der Waals surface area contributed by atoms with E-state index in [4.69, 9.17) is 9.26 Å². The molecule has 1 N–H and O–H groups in total. The Kier molecular flexibility index (Phi) is 6.53. The van der Waals surface area contributed by atoms with Crippen molar-refractivity contribution in [3.05, 3.63) is 41.5 Å². The Morgan fingerprint density at radius 2 is 1.93 bits per heavy atom. The minimum Gasteiger partial charge on any atom is -0.492 e. The van der Waals surface area contributed by atoms with Crippen molar-refractivity contribution < 1.29 is 26.9 Å². The zero-order valence-electron chi connectivity index (χ0n) is 16.4. The zero-order chi connectivity index (χ0) is 21.0. The van der Waals surface area contributed by atoms with Gasteiger partial charge in [-0.25, -0.2) is 12.8 Å². The van der Waals surface area contributed by atoms with Gasteiger partial charge in [-0.2, -0.15) is 4.31 Å². The number of hydrogen-bond donors (Lipinski definition) is 1. The molecule has 29 heavy (non-hydrogen) atoms. The van der Waals surface area contributed by atoms with Crippen LogP contribution in [0.25, 0.3) is 0 Å². The fourth-order valence-corrected chi connectivity index (χ4v) is 5.11. The number of rotatable bonds is 7. The van der Waals surface area contributed by atoms with Crippen LogP contribution in [0.15, 0.2) is 33.7 Å². The molecule has 1 aromatic carbocycles. The first-order chi connectivity index (χ1) is 13.8. The van der Waals surface area contributed by atoms with Crippen molar-refractivity contribution in [2.45, 2.75) is 31.6 Å². The highest BCUT2D eigenvalue weighted by Gasteiger charge is 2.35. The molecule has 1 saturated heterocycles. The summed E-state index contributed by atoms with van der Waals surface area (Å²) < 4.78 is 50.3. The molecule has 3 rings (SSSR count). The van der Waals surface area contributed by atoms with Crippen molar-refractivity contribution >= 4 is 15.9 Å². The van der Waals surface area contributed by atoms with Crippen LogP contribution in [0.2, 0.25) is 0 Å². The Morgan fingerprint density at radius 3 is 2.52 bits per heavy atom. The molecular formula is C19H24FN3O5S. The average molecular weight is 425 g/mol. The number of piperidine rings is 1. The number of ether oxygens (including phenoxy) is 1. The molecule has 1 aliphatic heterocycles. The first-order valence-corrected chi connectivity index (χ1v) is 10.8. The topological polar surface area (TPSA) is 102 Å². The Morgan fingerprint density at radius 1 is 1.28 bits per heavy atom. The van der Waals surface area contributed by atoms with E-state index in [0.29, 0.717) is 30.8 Å². The lowest BCUT2D eigenvalue weighted by atomic mass is 9.97. The molecule has 1 amide bonds. The highest BCUT2D eigenvalue weighted by atomic mass is 32.2. The number of nitrogens with one attached hydrogen (secondary N) is 1. The third-order valence-corrected chi connectivity index (χ3v) is 7.02. The Balaban J connectivity index is 1.45. The second-order valence-electron chi connectivity index (χ2n) is 6.93. The van der Waals surface area contributed by atoms with Gasteiger partial charge in [0.25, 0.3) is 0 Å². The van der Waals surface area contributed by atoms with E-state index in [-0.39, 0.29) is 48.0 Å². The summed E-state index contributed by atoms with van der Waals surface area (Å²) >= 11 is 0. The number of aromatic nitrogens is 1. The molecule has 0 unspecified atom stereocenters. The highest BCUT2D eigenvalue weighted by Crippen LogP contribution is 2.27. The van der Waals surface area contributed by atoms with Crippen LogP contribution in [0.1, 0.15) is 24.3 Å². The number of sulfonamides is 1. The Labute approximate surface area is 169 Å². The quantitative estimate of drug-likeness (QED) is 0.681. The van der Waals surface area contributed by atoms with E-state index in [1.165, 1.54) is 28.6 Å². The number of halogens is 1. The van der Waals surface area contributed by atoms with Crippen LogP contribution >= 0.6 is 0 Å². The molecule has 2 aromatic rings. The summed E-state index contributed by atoms with van der Waals surface area (Å²) in [6.07, 6.45) is 0.876. The monoisotopic (exact) mass is 425 g/mol. The SMILES string of the molecule is Cc1noc(C)c1S(=O)(=O)N1CCC(C(=O)NCCOc2ccc(F)cc2)CC1. The molecule has 10 heteroatoms. The number of amides is 1. The van der Waals surface area contributed by atoms with Gasteiger partial charge in [-0.05, 0) is 51.0 Å². The van der Waals surface area contributed by atoms with Gasteiger partial charge in [0.15, 0.2) is 5.76 Å². The molecule has 0 bridgehead atoms. The van der Waals surface area contributed by atoms with Crippen LogP contribution in [-0.2, 0) is 14.8 Å². The summed E-state index contributed by atoms with van der Waals surface area (Å²) in [6, 6.07) is 5.65. The molecule has 1 aliphatic rings. The van der Waals surface area contributed by atoms with Crippen molar-refractivity contribution in [3.8, 4) is 5.75 Å². The first kappa shape index (κ1) is 21.3. The highest BCUT2D eigenvalue weighted by molar-refractivity contribution is 7.89. The largest absolute Gasteiger partial charge is 0.492 e. The Bertz CT molecular complexity index is 931. The molecule has 0 saturated carbocycles. The smallest absolute Gasteiger partial charge is 0.248 e. The van der Waals surface area contributed by atoms with Crippen LogP contribution in [0, 0.1) is 25.6 Å². The number of aryl methyl sites for hydroxylation is 2. The maximum absolute atomic E-state index is 12.8. The van der Waals surface area contributed by atoms with Gasteiger partial charge in [-0.1, -0.05) is 5.16 Å². The van der Waals surface area contributed by atoms with Gasteiger partial charge in [0.1, 0.15) is 28.8 Å². The summed E-state index contributed by atoms with van der Waals surface area (Å²) in [4.78, 5) is 12.4. The van der Waals surface area contributed by atoms with Gasteiger partial charge < -0.3 is 14.6 Å². The minimum atomic E-state index is -3.69. The second-order valence-corrected chi connectivity index (χ2v) is 8.80. The third-order valence-electron chi connectivity index (χ3n) is 4.87. The molecule has 8 nitrogen and oxygen atoms in total. The van der Waals surface area contributed by atoms with Gasteiger partial charge in [0, 0.05) is 19.0 Å². The van der Waals surface area contributed by atoms with Crippen LogP contribution in [0.4, 0.5) is 4.39 Å². The molecule has 0 spiro atoms. The first-order valence-electron chi connectivity index (χ1n) is 9.38. The maximum Gasteiger partial charge on any atom is 0.248 e. The second kappa shape index (κ2) is 8.91. The van der Waals surface area contributed by atoms with Gasteiger partial charge in [-0.3, -0.25) is 4.79 Å². The normalized spacial score (nSPS) is 16.0. The Hall–Kier alpha value is -2.46. The molecule has 0 atom stereocenters. The fraction of sp³-hybridized carbons (Fsp3) is 0.474. The number of carbonyl (C=O) groups excluding carboxylic acids is 1. The van der Waals surface area contributed by atoms with E-state index in [1.807, 2.05) is 0 Å². The minimum absolute atomic E-state index is 0.110. The number of hydrogen-bond acceptors (Lipinski definition) is 6. The third kappa shape index (κ3) is 4.94. The van der Waals surface area contributed by atoms with Crippen LogP contribution in [0.3, 0.4) is 0 Å². The fourth-order valence-electron chi connectivity index (χ4n) is 3.35. The van der Waals surface area contributed by atoms with E-state index in [2.05, 4.69) is 10.5 Å². The van der Waals surface area contributed by atoms with Crippen LogP contribution in [0.5, 0.6) is 5.75 Å². The molecular weight excluding hydrogens is 401 g/mol. The summed E-state index contributed by atoms with van der Waals surface area (Å²) in [5.41, 5.74) is 0.337. The van der Waals surface area contributed by atoms with Crippen molar-refractivity contribution in [2.75, 3.05) is 26.2 Å². The van der Waals surface area contributed by atoms with E-state index < -0.39 is 10.0 Å². The predicted molar refractivity (Wildman–Crippen MR) is 102 cm³/mol. The zero-order valence-corrected chi connectivity index (χ0v) is 17.2. The van der Waals surface area contributed by atoms with Crippen molar-refractivity contribution in [3.63, 3.8) is 0 Å². The van der Waals surface area contributed by atoms with E-state index in [1.54, 1.807) is 13.8 Å². The van der Waals surface area contributed by atoms with Gasteiger partial charge in [0.2, 0.25) is 15.9 Å². The predicted octanol–water partition coefficient (Wildman–Crippen LogP) is 2.03. The average Bonchev–Trinajstić information content (AvgIpc) is 3.05. The molecule has 0 radical (unpaired) electrons. The molecule has 1 fully saturated rings. The lowest BCUT2D eigenvalue weighted by molar-refractivity contribution is -0.126. The number of carbonyl (C=O) groups is 1. The standard InChI is InChI=1S/C19H24FN3O5S/c1-13-18(14(2)28-22-13)29(25,26)23-10-7-15(8-11-23)19(24)21-9-12-27-17-5-3-16(20)4-6-17/h3-6,15H,7-12H2,1-2H3,(H,21,24). The van der Waals surface area contributed by atoms with Gasteiger partial charge in [0.05, 0.1) is 6.54 Å². The van der Waals surface area contributed by atoms with Crippen molar-refractivity contribution in [2.24, 2.45) is 5.92 Å². The van der Waals surface area contributed by atoms with Gasteiger partial charge >= 0.3 is 0 Å². The maximum atomic E-state index is 12.8. The van der Waals surface area contributed by atoms with E-state index in [9.17, 15) is 17.6 Å². The van der Waals surface area contributed by atoms with Crippen LogP contribution < -0.4 is 10.1 Å². The van der Waals surface area contributed by atoms with E-state index in [0.717, 1.165) is 0 Å². The van der Waals surface area contributed by atoms with E-state index >= 15 is 0 Å². The number of nitrogens with zero attached hydrogens (tertiary/aromatic N) is 2. The number of benzene rings is 1. The molecule has 0 aliphatic carbocycles. The molecule has 1 aromatic heterocycles. The van der Waals surface area contributed by atoms with Gasteiger partial charge in [-0.15, -0.1) is 0 Å². The van der Waals surface area contributed by atoms with Crippen molar-refractivity contribution in [1.29, 1.82) is 0 Å². The lowest BCUT2D eigenvalue weighted by Crippen LogP contribution is -2.43. The molecule has 158 valence electrons. The summed E-state index contributed by atoms with van der Waals surface area (Å²) in [6.45, 7) is 4.26. The summed E-state index contributed by atoms with van der Waals surface area (Å²) in [7, 11) is -3.69. The summed E-state index contributed by atoms with van der Waals surface area (Å²) in [5, 5.41) is 6.52. The summed E-state index contributed by atoms with van der Waals surface area (Å²) in [5.74, 6) is 0.0782. The molecule has 2 heterocycles. The van der Waals surface area contributed by atoms with Crippen molar-refractivity contribution in [1.82, 2.24) is 14.8 Å².